The van der Waals surface area contributed by atoms with Gasteiger partial charge < -0.3 is 14.0 Å². The molecule has 5 heteroatoms. The number of hydrogen-bond donors (Lipinski definition) is 0. The first-order valence-electron chi connectivity index (χ1n) is 5.36. The quantitative estimate of drug-likeness (QED) is 0.743. The molecule has 0 spiro atoms. The zero-order valence-corrected chi connectivity index (χ0v) is 10.8. The lowest BCUT2D eigenvalue weighted by Crippen LogP contribution is -2.26. The summed E-state index contributed by atoms with van der Waals surface area (Å²) < 4.78 is 11.4. The number of rotatable bonds is 3. The molecule has 94 valence electrons. The minimum atomic E-state index is -0.525. The number of carbonyl (C=O) groups is 1. The average Bonchev–Trinajstić information content (AvgIpc) is 2.31. The first-order valence-corrected chi connectivity index (χ1v) is 5.36. The van der Waals surface area contributed by atoms with Crippen LogP contribution in [0, 0.1) is 13.8 Å². The molecule has 0 aliphatic rings. The predicted octanol–water partition coefficient (Wildman–Crippen LogP) is 1.19. The van der Waals surface area contributed by atoms with E-state index in [1.165, 1.54) is 11.7 Å². The third-order valence-electron chi connectivity index (χ3n) is 2.83. The van der Waals surface area contributed by atoms with Gasteiger partial charge in [0.15, 0.2) is 5.75 Å². The number of aromatic nitrogens is 1. The number of methoxy groups -OCH3 is 1. The molecule has 1 aromatic rings. The zero-order valence-electron chi connectivity index (χ0n) is 10.8. The lowest BCUT2D eigenvalue weighted by atomic mass is 10.1. The van der Waals surface area contributed by atoms with Crippen molar-refractivity contribution in [3.8, 4) is 5.75 Å². The van der Waals surface area contributed by atoms with E-state index >= 15 is 0 Å². The monoisotopic (exact) mass is 239 g/mol. The highest BCUT2D eigenvalue weighted by Crippen LogP contribution is 2.21. The molecule has 1 heterocycles. The Labute approximate surface area is 100.0 Å². The third-order valence-corrected chi connectivity index (χ3v) is 2.83. The van der Waals surface area contributed by atoms with Crippen molar-refractivity contribution in [3.05, 3.63) is 27.2 Å². The Bertz CT molecular complexity index is 502. The minimum Gasteiger partial charge on any atom is -0.490 e. The molecule has 0 unspecified atom stereocenters. The van der Waals surface area contributed by atoms with Crippen LogP contribution in [0.2, 0.25) is 0 Å². The Morgan fingerprint density at radius 1 is 1.35 bits per heavy atom. The van der Waals surface area contributed by atoms with Crippen molar-refractivity contribution >= 4 is 5.97 Å². The summed E-state index contributed by atoms with van der Waals surface area (Å²) in [5.74, 6) is -0.489. The number of nitrogens with zero attached hydrogens (tertiary/aromatic N) is 1. The summed E-state index contributed by atoms with van der Waals surface area (Å²) in [5, 5.41) is 0. The van der Waals surface area contributed by atoms with Gasteiger partial charge in [-0.15, -0.1) is 0 Å². The van der Waals surface area contributed by atoms with E-state index in [0.29, 0.717) is 5.56 Å². The van der Waals surface area contributed by atoms with Crippen LogP contribution in [0.25, 0.3) is 0 Å². The van der Waals surface area contributed by atoms with Crippen molar-refractivity contribution in [2.75, 3.05) is 13.7 Å². The van der Waals surface area contributed by atoms with Crippen molar-refractivity contribution in [2.45, 2.75) is 20.8 Å². The lowest BCUT2D eigenvalue weighted by molar-refractivity contribution is 0.0521. The molecule has 0 aliphatic heterocycles. The van der Waals surface area contributed by atoms with Crippen LogP contribution in [0.1, 0.15) is 28.5 Å². The second-order valence-electron chi connectivity index (χ2n) is 3.70. The van der Waals surface area contributed by atoms with Crippen LogP contribution in [0.5, 0.6) is 5.75 Å². The molecule has 0 fully saturated rings. The summed E-state index contributed by atoms with van der Waals surface area (Å²) in [6.07, 6.45) is 0. The molecule has 5 nitrogen and oxygen atoms in total. The summed E-state index contributed by atoms with van der Waals surface area (Å²) in [6, 6.07) is 0. The predicted molar refractivity (Wildman–Crippen MR) is 63.7 cm³/mol. The van der Waals surface area contributed by atoms with Crippen LogP contribution in [0.15, 0.2) is 4.79 Å². The normalized spacial score (nSPS) is 10.2. The van der Waals surface area contributed by atoms with Crippen LogP contribution in [-0.2, 0) is 11.8 Å². The van der Waals surface area contributed by atoms with Gasteiger partial charge in [0.2, 0.25) is 0 Å². The maximum absolute atomic E-state index is 11.9. The van der Waals surface area contributed by atoms with E-state index in [1.54, 1.807) is 27.8 Å². The standard InChI is InChI=1S/C12H17NO4/c1-6-17-12(15)9-7(2)8(3)13(4)11(14)10(9)16-5/h6H2,1-5H3. The van der Waals surface area contributed by atoms with Gasteiger partial charge in [-0.25, -0.2) is 4.79 Å². The van der Waals surface area contributed by atoms with Gasteiger partial charge >= 0.3 is 5.97 Å². The number of esters is 1. The second kappa shape index (κ2) is 5.03. The molecule has 0 bridgehead atoms. The highest BCUT2D eigenvalue weighted by Gasteiger charge is 2.22. The van der Waals surface area contributed by atoms with E-state index in [0.717, 1.165) is 5.69 Å². The Balaban J connectivity index is 3.58. The molecule has 0 radical (unpaired) electrons. The van der Waals surface area contributed by atoms with Gasteiger partial charge in [0, 0.05) is 12.7 Å². The van der Waals surface area contributed by atoms with Crippen molar-refractivity contribution in [3.63, 3.8) is 0 Å². The number of pyridine rings is 1. The topological polar surface area (TPSA) is 57.5 Å². The molecule has 0 amide bonds. The largest absolute Gasteiger partial charge is 0.490 e. The molecule has 1 aromatic heterocycles. The van der Waals surface area contributed by atoms with Crippen molar-refractivity contribution < 1.29 is 14.3 Å². The minimum absolute atomic E-state index is 0.0362. The summed E-state index contributed by atoms with van der Waals surface area (Å²) in [6.45, 7) is 5.52. The van der Waals surface area contributed by atoms with E-state index in [-0.39, 0.29) is 23.5 Å². The SMILES string of the molecule is CCOC(=O)c1c(C)c(C)n(C)c(=O)c1OC. The van der Waals surface area contributed by atoms with Crippen molar-refractivity contribution in [2.24, 2.45) is 7.05 Å². The molecule has 1 rings (SSSR count). The van der Waals surface area contributed by atoms with E-state index in [1.807, 2.05) is 0 Å². The maximum atomic E-state index is 11.9. The maximum Gasteiger partial charge on any atom is 0.342 e. The fourth-order valence-corrected chi connectivity index (χ4v) is 1.65. The van der Waals surface area contributed by atoms with E-state index < -0.39 is 5.97 Å². The van der Waals surface area contributed by atoms with E-state index in [2.05, 4.69) is 0 Å². The molecule has 0 aliphatic carbocycles. The molecule has 0 atom stereocenters. The van der Waals surface area contributed by atoms with Gasteiger partial charge in [0.25, 0.3) is 5.56 Å². The third kappa shape index (κ3) is 2.18. The first-order chi connectivity index (χ1) is 7.95. The van der Waals surface area contributed by atoms with E-state index in [9.17, 15) is 9.59 Å². The zero-order chi connectivity index (χ0) is 13.2. The Morgan fingerprint density at radius 2 is 1.94 bits per heavy atom. The van der Waals surface area contributed by atoms with Crippen molar-refractivity contribution in [1.82, 2.24) is 4.57 Å². The number of hydrogen-bond acceptors (Lipinski definition) is 4. The van der Waals surface area contributed by atoms with Crippen LogP contribution in [0.4, 0.5) is 0 Å². The summed E-state index contributed by atoms with van der Waals surface area (Å²) in [5.41, 5.74) is 1.30. The van der Waals surface area contributed by atoms with Crippen LogP contribution in [0.3, 0.4) is 0 Å². The van der Waals surface area contributed by atoms with Crippen molar-refractivity contribution in [1.29, 1.82) is 0 Å². The molecule has 0 aromatic carbocycles. The Hall–Kier alpha value is -1.78. The molecule has 0 N–H and O–H groups in total. The average molecular weight is 239 g/mol. The molecule has 0 saturated heterocycles. The number of ether oxygens (including phenoxy) is 2. The summed E-state index contributed by atoms with van der Waals surface area (Å²) in [7, 11) is 3.01. The van der Waals surface area contributed by atoms with Crippen LogP contribution >= 0.6 is 0 Å². The van der Waals surface area contributed by atoms with Gasteiger partial charge in [-0.3, -0.25) is 4.79 Å². The van der Waals surface area contributed by atoms with Gasteiger partial charge in [0.1, 0.15) is 5.56 Å². The summed E-state index contributed by atoms with van der Waals surface area (Å²) >= 11 is 0. The fraction of sp³-hybridized carbons (Fsp3) is 0.500. The molecule has 17 heavy (non-hydrogen) atoms. The lowest BCUT2D eigenvalue weighted by Gasteiger charge is -2.15. The fourth-order valence-electron chi connectivity index (χ4n) is 1.65. The molecular weight excluding hydrogens is 222 g/mol. The highest BCUT2D eigenvalue weighted by atomic mass is 16.5. The number of carbonyl (C=O) groups excluding carboxylic acids is 1. The van der Waals surface area contributed by atoms with E-state index in [4.69, 9.17) is 9.47 Å². The summed E-state index contributed by atoms with van der Waals surface area (Å²) in [4.78, 5) is 23.7. The smallest absolute Gasteiger partial charge is 0.342 e. The van der Waals surface area contributed by atoms with Gasteiger partial charge in [-0.2, -0.15) is 0 Å². The van der Waals surface area contributed by atoms with Gasteiger partial charge in [-0.05, 0) is 26.3 Å². The molecular formula is C12H17NO4. The van der Waals surface area contributed by atoms with Crippen LogP contribution in [-0.4, -0.2) is 24.3 Å². The Morgan fingerprint density at radius 3 is 2.41 bits per heavy atom. The Kier molecular flexibility index (Phi) is 3.93. The highest BCUT2D eigenvalue weighted by molar-refractivity contribution is 5.94. The molecule has 0 saturated carbocycles. The van der Waals surface area contributed by atoms with Crippen LogP contribution < -0.4 is 10.3 Å². The second-order valence-corrected chi connectivity index (χ2v) is 3.70. The van der Waals surface area contributed by atoms with Gasteiger partial charge in [-0.1, -0.05) is 0 Å². The van der Waals surface area contributed by atoms with Gasteiger partial charge in [0.05, 0.1) is 13.7 Å². The first kappa shape index (κ1) is 13.3.